The standard InChI is InChI=1S/C21H32N2O4S/c1-2-27-19-11-13-20(14-12-19)28(25,26)23(18-9-5-3-6-10-18)17-21(24)22-15-7-4-8-16-22/h11-14,18H,2-10,15-17H2,1H3. The Morgan fingerprint density at radius 2 is 1.64 bits per heavy atom. The van der Waals surface area contributed by atoms with Gasteiger partial charge in [0.15, 0.2) is 0 Å². The Kier molecular flexibility index (Phi) is 7.35. The molecule has 28 heavy (non-hydrogen) atoms. The van der Waals surface area contributed by atoms with Crippen LogP contribution in [0.4, 0.5) is 0 Å². The van der Waals surface area contributed by atoms with Crippen molar-refractivity contribution in [2.45, 2.75) is 69.2 Å². The maximum Gasteiger partial charge on any atom is 0.243 e. The summed E-state index contributed by atoms with van der Waals surface area (Å²) in [5.74, 6) is 0.579. The van der Waals surface area contributed by atoms with E-state index in [0.29, 0.717) is 12.4 Å². The SMILES string of the molecule is CCOc1ccc(S(=O)(=O)N(CC(=O)N2CCCCC2)C2CCCCC2)cc1. The zero-order chi connectivity index (χ0) is 20.0. The van der Waals surface area contributed by atoms with Gasteiger partial charge in [0.05, 0.1) is 18.0 Å². The average Bonchev–Trinajstić information content (AvgIpc) is 2.73. The summed E-state index contributed by atoms with van der Waals surface area (Å²) >= 11 is 0. The minimum absolute atomic E-state index is 0.0553. The van der Waals surface area contributed by atoms with E-state index >= 15 is 0 Å². The van der Waals surface area contributed by atoms with Crippen molar-refractivity contribution >= 4 is 15.9 Å². The van der Waals surface area contributed by atoms with Crippen molar-refractivity contribution in [3.8, 4) is 5.75 Å². The van der Waals surface area contributed by atoms with Crippen LogP contribution in [0.15, 0.2) is 29.2 Å². The van der Waals surface area contributed by atoms with Crippen molar-refractivity contribution in [2.75, 3.05) is 26.2 Å². The first-order valence-electron chi connectivity index (χ1n) is 10.5. The van der Waals surface area contributed by atoms with Crippen LogP contribution in [-0.2, 0) is 14.8 Å². The third-order valence-electron chi connectivity index (χ3n) is 5.72. The van der Waals surface area contributed by atoms with Gasteiger partial charge >= 0.3 is 0 Å². The molecule has 1 saturated carbocycles. The molecule has 2 aliphatic rings. The molecule has 0 radical (unpaired) electrons. The highest BCUT2D eigenvalue weighted by Crippen LogP contribution is 2.29. The first kappa shape index (κ1) is 21.1. The van der Waals surface area contributed by atoms with Gasteiger partial charge in [0.25, 0.3) is 0 Å². The Bertz CT molecular complexity index is 736. The fourth-order valence-electron chi connectivity index (χ4n) is 4.17. The summed E-state index contributed by atoms with van der Waals surface area (Å²) in [7, 11) is -3.74. The second-order valence-corrected chi connectivity index (χ2v) is 9.58. The van der Waals surface area contributed by atoms with Crippen LogP contribution in [0.3, 0.4) is 0 Å². The molecule has 1 amide bonds. The largest absolute Gasteiger partial charge is 0.494 e. The van der Waals surface area contributed by atoms with Gasteiger partial charge in [-0.3, -0.25) is 4.79 Å². The van der Waals surface area contributed by atoms with E-state index in [-0.39, 0.29) is 23.4 Å². The van der Waals surface area contributed by atoms with Gasteiger partial charge in [-0.1, -0.05) is 19.3 Å². The molecule has 1 aliphatic carbocycles. The smallest absolute Gasteiger partial charge is 0.243 e. The van der Waals surface area contributed by atoms with Crippen LogP contribution in [0.5, 0.6) is 5.75 Å². The van der Waals surface area contributed by atoms with Gasteiger partial charge in [-0.25, -0.2) is 8.42 Å². The quantitative estimate of drug-likeness (QED) is 0.693. The zero-order valence-corrected chi connectivity index (χ0v) is 17.6. The zero-order valence-electron chi connectivity index (χ0n) is 16.8. The Morgan fingerprint density at radius 1 is 1.04 bits per heavy atom. The Labute approximate surface area is 168 Å². The number of hydrogen-bond donors (Lipinski definition) is 0. The van der Waals surface area contributed by atoms with Crippen molar-refractivity contribution in [3.05, 3.63) is 24.3 Å². The van der Waals surface area contributed by atoms with Crippen molar-refractivity contribution in [3.63, 3.8) is 0 Å². The molecule has 7 heteroatoms. The van der Waals surface area contributed by atoms with Crippen LogP contribution in [0.1, 0.15) is 58.3 Å². The van der Waals surface area contributed by atoms with Gasteiger partial charge in [0, 0.05) is 19.1 Å². The number of amides is 1. The molecule has 0 unspecified atom stereocenters. The van der Waals surface area contributed by atoms with Gasteiger partial charge in [-0.2, -0.15) is 4.31 Å². The highest BCUT2D eigenvalue weighted by Gasteiger charge is 2.35. The molecular weight excluding hydrogens is 376 g/mol. The normalized spacial score (nSPS) is 19.0. The lowest BCUT2D eigenvalue weighted by molar-refractivity contribution is -0.132. The van der Waals surface area contributed by atoms with Crippen LogP contribution in [0, 0.1) is 0 Å². The number of piperidine rings is 1. The molecule has 0 spiro atoms. The topological polar surface area (TPSA) is 66.9 Å². The molecule has 1 saturated heterocycles. The third kappa shape index (κ3) is 5.06. The van der Waals surface area contributed by atoms with Gasteiger partial charge in [0.1, 0.15) is 5.75 Å². The highest BCUT2D eigenvalue weighted by molar-refractivity contribution is 7.89. The second-order valence-electron chi connectivity index (χ2n) is 7.69. The van der Waals surface area contributed by atoms with Crippen LogP contribution < -0.4 is 4.74 Å². The molecular formula is C21H32N2O4S. The molecule has 1 aliphatic heterocycles. The molecule has 1 heterocycles. The summed E-state index contributed by atoms with van der Waals surface area (Å²) in [4.78, 5) is 14.9. The van der Waals surface area contributed by atoms with E-state index in [4.69, 9.17) is 4.74 Å². The average molecular weight is 409 g/mol. The Hall–Kier alpha value is -1.60. The van der Waals surface area contributed by atoms with E-state index in [1.165, 1.54) is 4.31 Å². The molecule has 0 atom stereocenters. The van der Waals surface area contributed by atoms with Crippen molar-refractivity contribution in [2.24, 2.45) is 0 Å². The van der Waals surface area contributed by atoms with E-state index in [1.807, 2.05) is 11.8 Å². The summed E-state index contributed by atoms with van der Waals surface area (Å²) in [5.41, 5.74) is 0. The lowest BCUT2D eigenvalue weighted by atomic mass is 9.95. The number of nitrogens with zero attached hydrogens (tertiary/aromatic N) is 2. The number of carbonyl (C=O) groups is 1. The predicted octanol–water partition coefficient (Wildman–Crippen LogP) is 3.42. The number of carbonyl (C=O) groups excluding carboxylic acids is 1. The van der Waals surface area contributed by atoms with Crippen molar-refractivity contribution in [1.29, 1.82) is 0 Å². The van der Waals surface area contributed by atoms with Crippen LogP contribution in [0.25, 0.3) is 0 Å². The number of rotatable bonds is 7. The predicted molar refractivity (Wildman–Crippen MR) is 109 cm³/mol. The van der Waals surface area contributed by atoms with Crippen LogP contribution >= 0.6 is 0 Å². The monoisotopic (exact) mass is 408 g/mol. The summed E-state index contributed by atoms with van der Waals surface area (Å²) in [5, 5.41) is 0. The minimum atomic E-state index is -3.74. The minimum Gasteiger partial charge on any atom is -0.494 e. The fraction of sp³-hybridized carbons (Fsp3) is 0.667. The number of hydrogen-bond acceptors (Lipinski definition) is 4. The Morgan fingerprint density at radius 3 is 2.25 bits per heavy atom. The van der Waals surface area contributed by atoms with E-state index in [2.05, 4.69) is 0 Å². The molecule has 2 fully saturated rings. The first-order chi connectivity index (χ1) is 13.5. The molecule has 0 bridgehead atoms. The lowest BCUT2D eigenvalue weighted by Crippen LogP contribution is -2.49. The van der Waals surface area contributed by atoms with Gasteiger partial charge in [0.2, 0.25) is 15.9 Å². The molecule has 0 aromatic heterocycles. The summed E-state index contributed by atoms with van der Waals surface area (Å²) in [6.45, 7) is 3.84. The number of likely N-dealkylation sites (tertiary alicyclic amines) is 1. The van der Waals surface area contributed by atoms with Crippen molar-refractivity contribution in [1.82, 2.24) is 9.21 Å². The van der Waals surface area contributed by atoms with Gasteiger partial charge < -0.3 is 9.64 Å². The molecule has 1 aromatic carbocycles. The first-order valence-corrected chi connectivity index (χ1v) is 12.0. The molecule has 6 nitrogen and oxygen atoms in total. The number of benzene rings is 1. The maximum atomic E-state index is 13.4. The van der Waals surface area contributed by atoms with Crippen molar-refractivity contribution < 1.29 is 17.9 Å². The summed E-state index contributed by atoms with van der Waals surface area (Å²) < 4.78 is 33.8. The molecule has 156 valence electrons. The number of sulfonamides is 1. The summed E-state index contributed by atoms with van der Waals surface area (Å²) in [6, 6.07) is 6.44. The second kappa shape index (κ2) is 9.74. The molecule has 1 aromatic rings. The van der Waals surface area contributed by atoms with E-state index in [1.54, 1.807) is 24.3 Å². The van der Waals surface area contributed by atoms with Crippen LogP contribution in [-0.4, -0.2) is 55.8 Å². The highest BCUT2D eigenvalue weighted by atomic mass is 32.2. The van der Waals surface area contributed by atoms with E-state index in [0.717, 1.165) is 64.5 Å². The van der Waals surface area contributed by atoms with E-state index < -0.39 is 10.0 Å². The van der Waals surface area contributed by atoms with Crippen LogP contribution in [0.2, 0.25) is 0 Å². The molecule has 0 N–H and O–H groups in total. The van der Waals surface area contributed by atoms with E-state index in [9.17, 15) is 13.2 Å². The lowest BCUT2D eigenvalue weighted by Gasteiger charge is -2.35. The van der Waals surface area contributed by atoms with Gasteiger partial charge in [-0.05, 0) is 63.3 Å². The maximum absolute atomic E-state index is 13.4. The van der Waals surface area contributed by atoms with Gasteiger partial charge in [-0.15, -0.1) is 0 Å². The third-order valence-corrected chi connectivity index (χ3v) is 7.64. The molecule has 3 rings (SSSR count). The Balaban J connectivity index is 1.82. The number of ether oxygens (including phenoxy) is 1. The fourth-order valence-corrected chi connectivity index (χ4v) is 5.80. The summed E-state index contributed by atoms with van der Waals surface area (Å²) in [6.07, 6.45) is 7.94.